The van der Waals surface area contributed by atoms with Crippen LogP contribution in [0.2, 0.25) is 0 Å². The van der Waals surface area contributed by atoms with E-state index in [0.717, 1.165) is 4.57 Å². The van der Waals surface area contributed by atoms with Crippen molar-refractivity contribution in [3.05, 3.63) is 27.2 Å². The normalized spacial score (nSPS) is 23.1. The molecule has 1 aliphatic rings. The highest BCUT2D eigenvalue weighted by Gasteiger charge is 2.42. The Morgan fingerprint density at radius 3 is 2.56 bits per heavy atom. The van der Waals surface area contributed by atoms with E-state index >= 15 is 0 Å². The van der Waals surface area contributed by atoms with Crippen molar-refractivity contribution in [2.45, 2.75) is 63.3 Å². The molecule has 0 bridgehead atoms. The van der Waals surface area contributed by atoms with Crippen LogP contribution < -0.4 is 22.3 Å². The number of β-amino-alcohol motifs (C(OH)–C–C–N with tert-alkyl or cyclic N) is 1. The fourth-order valence-corrected chi connectivity index (χ4v) is 4.69. The zero-order valence-corrected chi connectivity index (χ0v) is 21.8. The number of likely N-dealkylation sites (tertiary alicyclic amines) is 1. The van der Waals surface area contributed by atoms with Gasteiger partial charge in [0.25, 0.3) is 5.56 Å². The number of fused-ring (bicyclic) bond motifs is 1. The predicted octanol–water partition coefficient (Wildman–Crippen LogP) is -1.63. The molecular formula is C22H36ClN7O6. The highest BCUT2D eigenvalue weighted by Crippen LogP contribution is 2.33. The van der Waals surface area contributed by atoms with Crippen molar-refractivity contribution in [2.24, 2.45) is 19.8 Å². The number of aliphatic hydroxyl groups is 2. The van der Waals surface area contributed by atoms with Gasteiger partial charge in [0.15, 0.2) is 11.2 Å². The molecule has 0 unspecified atom stereocenters. The molecule has 1 fully saturated rings. The minimum absolute atomic E-state index is 0. The molecule has 14 heteroatoms. The number of aliphatic hydroxyl groups excluding tert-OH is 1. The third kappa shape index (κ3) is 5.97. The van der Waals surface area contributed by atoms with E-state index in [1.54, 1.807) is 0 Å². The zero-order chi connectivity index (χ0) is 26.1. The lowest BCUT2D eigenvalue weighted by atomic mass is 9.91. The number of carbonyl (C=O) groups excluding carboxylic acids is 2. The molecule has 13 nitrogen and oxygen atoms in total. The molecule has 2 amide bonds. The van der Waals surface area contributed by atoms with Gasteiger partial charge in [-0.2, -0.15) is 0 Å². The number of nitrogens with one attached hydrogen (secondary N) is 1. The summed E-state index contributed by atoms with van der Waals surface area (Å²) in [5.41, 5.74) is 3.83. The Labute approximate surface area is 214 Å². The standard InChI is InChI=1S/C22H35N7O6.ClH/c1-13(30)24-8-6-5-7-15(23)19(32)28-10-14(31)9-22(2,35)16(11-28)29-12-25-18-17(29)20(33)27(4)21(34)26(18)3;/h12,14-16,31,35H,5-11,23H2,1-4H3,(H,24,30);1H/t14-,15+,16+,22+;/m1./s1. The first-order chi connectivity index (χ1) is 16.3. The van der Waals surface area contributed by atoms with E-state index in [9.17, 15) is 29.4 Å². The SMILES string of the molecule is CC(=O)NCCCC[C@H](N)C(=O)N1C[C@H](O)C[C@](C)(O)[C@@H](n2cnc3c2c(=O)n(C)c(=O)n3C)C1.Cl. The van der Waals surface area contributed by atoms with Gasteiger partial charge in [0.05, 0.1) is 30.1 Å². The van der Waals surface area contributed by atoms with Crippen LogP contribution in [0.4, 0.5) is 0 Å². The second kappa shape index (κ2) is 11.5. The number of carbonyl (C=O) groups is 2. The van der Waals surface area contributed by atoms with Gasteiger partial charge in [-0.05, 0) is 26.2 Å². The lowest BCUT2D eigenvalue weighted by Crippen LogP contribution is -2.48. The van der Waals surface area contributed by atoms with Crippen LogP contribution in [0.25, 0.3) is 11.2 Å². The van der Waals surface area contributed by atoms with Gasteiger partial charge in [0.2, 0.25) is 11.8 Å². The average molecular weight is 530 g/mol. The number of halogens is 1. The van der Waals surface area contributed by atoms with Crippen molar-refractivity contribution in [2.75, 3.05) is 19.6 Å². The zero-order valence-electron chi connectivity index (χ0n) is 21.0. The summed E-state index contributed by atoms with van der Waals surface area (Å²) in [5.74, 6) is -0.500. The summed E-state index contributed by atoms with van der Waals surface area (Å²) in [6.45, 7) is 3.43. The van der Waals surface area contributed by atoms with Gasteiger partial charge < -0.3 is 30.7 Å². The van der Waals surface area contributed by atoms with Crippen LogP contribution in [-0.4, -0.2) is 83.0 Å². The van der Waals surface area contributed by atoms with E-state index < -0.39 is 35.0 Å². The smallest absolute Gasteiger partial charge is 0.332 e. The van der Waals surface area contributed by atoms with Crippen LogP contribution in [0.3, 0.4) is 0 Å². The number of aryl methyl sites for hydroxylation is 1. The molecule has 202 valence electrons. The number of nitrogens with zero attached hydrogens (tertiary/aromatic N) is 5. The second-order valence-corrected chi connectivity index (χ2v) is 9.59. The molecule has 2 aromatic heterocycles. The van der Waals surface area contributed by atoms with Crippen molar-refractivity contribution in [3.8, 4) is 0 Å². The number of unbranched alkanes of at least 4 members (excludes halogenated alkanes) is 1. The Morgan fingerprint density at radius 1 is 1.25 bits per heavy atom. The summed E-state index contributed by atoms with van der Waals surface area (Å²) in [5, 5.41) is 24.5. The number of amides is 2. The third-order valence-corrected chi connectivity index (χ3v) is 6.64. The van der Waals surface area contributed by atoms with Crippen LogP contribution in [0.5, 0.6) is 0 Å². The number of hydrogen-bond acceptors (Lipinski definition) is 8. The quantitative estimate of drug-likeness (QED) is 0.309. The molecule has 0 aromatic carbocycles. The molecule has 0 radical (unpaired) electrons. The largest absolute Gasteiger partial charge is 0.391 e. The van der Waals surface area contributed by atoms with Crippen LogP contribution >= 0.6 is 12.4 Å². The average Bonchev–Trinajstić information content (AvgIpc) is 3.17. The van der Waals surface area contributed by atoms with Crippen molar-refractivity contribution in [1.82, 2.24) is 28.9 Å². The van der Waals surface area contributed by atoms with Crippen molar-refractivity contribution >= 4 is 35.4 Å². The fraction of sp³-hybridized carbons (Fsp3) is 0.682. The van der Waals surface area contributed by atoms with Gasteiger partial charge in [-0.3, -0.25) is 23.5 Å². The number of hydrogen-bond donors (Lipinski definition) is 4. The lowest BCUT2D eigenvalue weighted by molar-refractivity contribution is -0.134. The molecule has 3 heterocycles. The number of rotatable bonds is 7. The van der Waals surface area contributed by atoms with Gasteiger partial charge in [-0.1, -0.05) is 0 Å². The first kappa shape index (κ1) is 29.5. The molecule has 1 aliphatic heterocycles. The Morgan fingerprint density at radius 2 is 1.92 bits per heavy atom. The van der Waals surface area contributed by atoms with Crippen LogP contribution in [0.1, 0.15) is 45.6 Å². The maximum absolute atomic E-state index is 13.2. The topological polar surface area (TPSA) is 178 Å². The third-order valence-electron chi connectivity index (χ3n) is 6.64. The summed E-state index contributed by atoms with van der Waals surface area (Å²) < 4.78 is 3.68. The summed E-state index contributed by atoms with van der Waals surface area (Å²) in [6.07, 6.45) is 2.01. The van der Waals surface area contributed by atoms with E-state index in [1.807, 2.05) is 0 Å². The highest BCUT2D eigenvalue weighted by molar-refractivity contribution is 5.85. The first-order valence-corrected chi connectivity index (χ1v) is 11.7. The van der Waals surface area contributed by atoms with Gasteiger partial charge in [-0.25, -0.2) is 9.78 Å². The van der Waals surface area contributed by atoms with E-state index in [2.05, 4.69) is 10.3 Å². The highest BCUT2D eigenvalue weighted by atomic mass is 35.5. The number of nitrogens with two attached hydrogens (primary N) is 1. The predicted molar refractivity (Wildman–Crippen MR) is 135 cm³/mol. The molecule has 1 saturated heterocycles. The van der Waals surface area contributed by atoms with E-state index in [0.29, 0.717) is 25.8 Å². The molecule has 2 aromatic rings. The van der Waals surface area contributed by atoms with Crippen molar-refractivity contribution in [1.29, 1.82) is 0 Å². The number of imidazole rings is 1. The van der Waals surface area contributed by atoms with Crippen molar-refractivity contribution in [3.63, 3.8) is 0 Å². The van der Waals surface area contributed by atoms with Crippen molar-refractivity contribution < 1.29 is 19.8 Å². The minimum Gasteiger partial charge on any atom is -0.391 e. The molecular weight excluding hydrogens is 494 g/mol. The monoisotopic (exact) mass is 529 g/mol. The second-order valence-electron chi connectivity index (χ2n) is 9.59. The van der Waals surface area contributed by atoms with Gasteiger partial charge in [-0.15, -0.1) is 12.4 Å². The Bertz CT molecular complexity index is 1220. The van der Waals surface area contributed by atoms with E-state index in [1.165, 1.54) is 48.3 Å². The maximum Gasteiger partial charge on any atom is 0.332 e. The van der Waals surface area contributed by atoms with E-state index in [-0.39, 0.29) is 54.9 Å². The van der Waals surface area contributed by atoms with Crippen LogP contribution in [-0.2, 0) is 23.7 Å². The van der Waals surface area contributed by atoms with Crippen LogP contribution in [0, 0.1) is 0 Å². The van der Waals surface area contributed by atoms with Gasteiger partial charge in [0, 0.05) is 47.1 Å². The molecule has 36 heavy (non-hydrogen) atoms. The summed E-state index contributed by atoms with van der Waals surface area (Å²) in [6, 6.07) is -1.65. The summed E-state index contributed by atoms with van der Waals surface area (Å²) >= 11 is 0. The molecule has 0 aliphatic carbocycles. The Hall–Kier alpha value is -2.74. The van der Waals surface area contributed by atoms with E-state index in [4.69, 9.17) is 5.73 Å². The maximum atomic E-state index is 13.2. The summed E-state index contributed by atoms with van der Waals surface area (Å²) in [4.78, 5) is 55.0. The molecule has 0 saturated carbocycles. The fourth-order valence-electron chi connectivity index (χ4n) is 4.69. The summed E-state index contributed by atoms with van der Waals surface area (Å²) in [7, 11) is 2.86. The Kier molecular flexibility index (Phi) is 9.46. The molecule has 4 atom stereocenters. The number of aromatic nitrogens is 4. The first-order valence-electron chi connectivity index (χ1n) is 11.7. The molecule has 5 N–H and O–H groups in total. The minimum atomic E-state index is -1.50. The molecule has 0 spiro atoms. The van der Waals surface area contributed by atoms with Gasteiger partial charge >= 0.3 is 5.69 Å². The van der Waals surface area contributed by atoms with Crippen LogP contribution in [0.15, 0.2) is 15.9 Å². The lowest BCUT2D eigenvalue weighted by Gasteiger charge is -2.34. The molecule has 3 rings (SSSR count). The Balaban J connectivity index is 0.00000456. The van der Waals surface area contributed by atoms with Gasteiger partial charge in [0.1, 0.15) is 0 Å².